The highest BCUT2D eigenvalue weighted by atomic mass is 32.2. The molecule has 0 spiro atoms. The molecule has 0 saturated heterocycles. The summed E-state index contributed by atoms with van der Waals surface area (Å²) in [5.74, 6) is 1.82. The van der Waals surface area contributed by atoms with E-state index >= 15 is 0 Å². The Labute approximate surface area is 187 Å². The van der Waals surface area contributed by atoms with Gasteiger partial charge in [-0.1, -0.05) is 53.4 Å². The van der Waals surface area contributed by atoms with E-state index in [4.69, 9.17) is 0 Å². The Hall–Kier alpha value is -2.36. The van der Waals surface area contributed by atoms with Gasteiger partial charge in [0.05, 0.1) is 21.7 Å². The molecule has 0 unspecified atom stereocenters. The van der Waals surface area contributed by atoms with E-state index in [9.17, 15) is 4.79 Å². The van der Waals surface area contributed by atoms with Gasteiger partial charge in [-0.2, -0.15) is 0 Å². The van der Waals surface area contributed by atoms with Gasteiger partial charge in [0.2, 0.25) is 5.91 Å². The number of aryl methyl sites for hydroxylation is 1. The lowest BCUT2D eigenvalue weighted by Gasteiger charge is -2.07. The second-order valence-electron chi connectivity index (χ2n) is 6.58. The minimum atomic E-state index is -0.0556. The van der Waals surface area contributed by atoms with Gasteiger partial charge in [-0.3, -0.25) is 4.79 Å². The summed E-state index contributed by atoms with van der Waals surface area (Å²) in [6.45, 7) is 4.84. The molecule has 2 heterocycles. The van der Waals surface area contributed by atoms with E-state index in [2.05, 4.69) is 38.1 Å². The first-order valence-electron chi connectivity index (χ1n) is 9.52. The fourth-order valence-electron chi connectivity index (χ4n) is 2.85. The Balaban J connectivity index is 1.35. The molecule has 0 aliphatic rings. The van der Waals surface area contributed by atoms with Crippen molar-refractivity contribution < 1.29 is 4.79 Å². The summed E-state index contributed by atoms with van der Waals surface area (Å²) in [5, 5.41) is 12.3. The Morgan fingerprint density at radius 1 is 1.10 bits per heavy atom. The van der Waals surface area contributed by atoms with Crippen molar-refractivity contribution in [2.24, 2.45) is 0 Å². The number of hydrogen-bond donors (Lipinski definition) is 1. The Bertz CT molecular complexity index is 1120. The van der Waals surface area contributed by atoms with E-state index in [1.807, 2.05) is 49.4 Å². The quantitative estimate of drug-likeness (QED) is 0.366. The number of thioether (sulfide) groups is 2. The maximum atomic E-state index is 12.3. The van der Waals surface area contributed by atoms with Crippen LogP contribution in [0.15, 0.2) is 58.0 Å². The second-order valence-corrected chi connectivity index (χ2v) is 9.78. The number of rotatable bonds is 8. The lowest BCUT2D eigenvalue weighted by Crippen LogP contribution is -2.14. The van der Waals surface area contributed by atoms with Crippen LogP contribution in [-0.2, 0) is 17.1 Å². The normalized spacial score (nSPS) is 11.1. The highest BCUT2D eigenvalue weighted by Crippen LogP contribution is 2.31. The number of benzene rings is 2. The number of thiazole rings is 1. The molecule has 2 aromatic carbocycles. The van der Waals surface area contributed by atoms with Crippen molar-refractivity contribution in [1.82, 2.24) is 19.7 Å². The lowest BCUT2D eigenvalue weighted by atomic mass is 10.2. The molecule has 1 N–H and O–H groups in total. The summed E-state index contributed by atoms with van der Waals surface area (Å²) >= 11 is 4.76. The molecule has 0 bridgehead atoms. The molecule has 0 atom stereocenters. The zero-order valence-electron chi connectivity index (χ0n) is 16.7. The van der Waals surface area contributed by atoms with Crippen molar-refractivity contribution in [3.05, 3.63) is 59.9 Å². The summed E-state index contributed by atoms with van der Waals surface area (Å²) in [7, 11) is 0. The third-order valence-corrected chi connectivity index (χ3v) is 7.52. The molecule has 1 amide bonds. The predicted octanol–water partition coefficient (Wildman–Crippen LogP) is 5.24. The molecule has 154 valence electrons. The summed E-state index contributed by atoms with van der Waals surface area (Å²) in [6, 6.07) is 15.9. The van der Waals surface area contributed by atoms with E-state index in [1.165, 1.54) is 16.5 Å². The van der Waals surface area contributed by atoms with Crippen molar-refractivity contribution >= 4 is 56.7 Å². The fraction of sp³-hybridized carbons (Fsp3) is 0.238. The molecule has 4 aromatic rings. The molecular formula is C21H21N5OS3. The monoisotopic (exact) mass is 455 g/mol. The largest absolute Gasteiger partial charge is 0.325 e. The summed E-state index contributed by atoms with van der Waals surface area (Å²) < 4.78 is 4.27. The molecular weight excluding hydrogens is 434 g/mol. The zero-order valence-corrected chi connectivity index (χ0v) is 19.1. The number of para-hydroxylation sites is 1. The maximum absolute atomic E-state index is 12.3. The van der Waals surface area contributed by atoms with Crippen LogP contribution in [0.4, 0.5) is 5.69 Å². The standard InChI is InChI=1S/C21H21N5OS3/c1-3-26-18(12-29-21-23-16-6-4-5-7-17(16)30-21)24-25-20(26)28-13-19(27)22-15-10-8-14(2)9-11-15/h4-11H,3,12-13H2,1-2H3,(H,22,27). The average molecular weight is 456 g/mol. The van der Waals surface area contributed by atoms with E-state index in [1.54, 1.807) is 23.1 Å². The van der Waals surface area contributed by atoms with Gasteiger partial charge >= 0.3 is 0 Å². The van der Waals surface area contributed by atoms with Crippen LogP contribution in [0.25, 0.3) is 10.2 Å². The molecule has 0 radical (unpaired) electrons. The fourth-order valence-corrected chi connectivity index (χ4v) is 5.68. The van der Waals surface area contributed by atoms with Crippen molar-refractivity contribution in [3.63, 3.8) is 0 Å². The molecule has 4 rings (SSSR count). The topological polar surface area (TPSA) is 72.7 Å². The van der Waals surface area contributed by atoms with Gasteiger partial charge in [-0.05, 0) is 38.1 Å². The molecule has 6 nitrogen and oxygen atoms in total. The lowest BCUT2D eigenvalue weighted by molar-refractivity contribution is -0.113. The van der Waals surface area contributed by atoms with Gasteiger partial charge in [0.15, 0.2) is 9.50 Å². The van der Waals surface area contributed by atoms with E-state index in [0.717, 1.165) is 38.6 Å². The number of hydrogen-bond acceptors (Lipinski definition) is 7. The van der Waals surface area contributed by atoms with Crippen LogP contribution in [0.2, 0.25) is 0 Å². The van der Waals surface area contributed by atoms with Gasteiger partial charge in [0.25, 0.3) is 0 Å². The molecule has 0 fully saturated rings. The number of carbonyl (C=O) groups is 1. The van der Waals surface area contributed by atoms with Gasteiger partial charge in [0, 0.05) is 12.2 Å². The van der Waals surface area contributed by atoms with Crippen molar-refractivity contribution in [1.29, 1.82) is 0 Å². The third kappa shape index (κ3) is 5.03. The van der Waals surface area contributed by atoms with Crippen LogP contribution < -0.4 is 5.32 Å². The van der Waals surface area contributed by atoms with Crippen LogP contribution in [0.1, 0.15) is 18.3 Å². The highest BCUT2D eigenvalue weighted by molar-refractivity contribution is 8.00. The highest BCUT2D eigenvalue weighted by Gasteiger charge is 2.14. The predicted molar refractivity (Wildman–Crippen MR) is 125 cm³/mol. The number of aromatic nitrogens is 4. The number of amides is 1. The first-order valence-corrected chi connectivity index (χ1v) is 12.3. The summed E-state index contributed by atoms with van der Waals surface area (Å²) in [5.41, 5.74) is 2.99. The third-order valence-electron chi connectivity index (χ3n) is 4.38. The number of anilines is 1. The van der Waals surface area contributed by atoms with Crippen LogP contribution in [0, 0.1) is 6.92 Å². The van der Waals surface area contributed by atoms with Crippen molar-refractivity contribution in [2.75, 3.05) is 11.1 Å². The minimum Gasteiger partial charge on any atom is -0.325 e. The molecule has 30 heavy (non-hydrogen) atoms. The van der Waals surface area contributed by atoms with Gasteiger partial charge in [0.1, 0.15) is 5.82 Å². The minimum absolute atomic E-state index is 0.0556. The molecule has 0 aliphatic carbocycles. The average Bonchev–Trinajstić information content (AvgIpc) is 3.35. The van der Waals surface area contributed by atoms with Crippen LogP contribution in [0.3, 0.4) is 0 Å². The van der Waals surface area contributed by atoms with E-state index < -0.39 is 0 Å². The molecule has 9 heteroatoms. The maximum Gasteiger partial charge on any atom is 0.234 e. The SMILES string of the molecule is CCn1c(CSc2nc3ccccc3s2)nnc1SCC(=O)Nc1ccc(C)cc1. The number of nitrogens with zero attached hydrogens (tertiary/aromatic N) is 4. The number of fused-ring (bicyclic) bond motifs is 1. The summed E-state index contributed by atoms with van der Waals surface area (Å²) in [6.07, 6.45) is 0. The Morgan fingerprint density at radius 3 is 2.67 bits per heavy atom. The smallest absolute Gasteiger partial charge is 0.234 e. The summed E-state index contributed by atoms with van der Waals surface area (Å²) in [4.78, 5) is 16.9. The second kappa shape index (κ2) is 9.63. The van der Waals surface area contributed by atoms with Crippen molar-refractivity contribution in [3.8, 4) is 0 Å². The van der Waals surface area contributed by atoms with E-state index in [0.29, 0.717) is 5.75 Å². The van der Waals surface area contributed by atoms with E-state index in [-0.39, 0.29) is 11.7 Å². The molecule has 0 aliphatic heterocycles. The Kier molecular flexibility index (Phi) is 6.71. The van der Waals surface area contributed by atoms with Gasteiger partial charge in [-0.15, -0.1) is 21.5 Å². The molecule has 0 saturated carbocycles. The first kappa shape index (κ1) is 20.9. The van der Waals surface area contributed by atoms with Crippen LogP contribution in [0.5, 0.6) is 0 Å². The van der Waals surface area contributed by atoms with Gasteiger partial charge in [-0.25, -0.2) is 4.98 Å². The number of nitrogens with one attached hydrogen (secondary N) is 1. The first-order chi connectivity index (χ1) is 14.6. The van der Waals surface area contributed by atoms with Crippen LogP contribution >= 0.6 is 34.9 Å². The Morgan fingerprint density at radius 2 is 1.90 bits per heavy atom. The molecule has 2 aromatic heterocycles. The van der Waals surface area contributed by atoms with Gasteiger partial charge < -0.3 is 9.88 Å². The van der Waals surface area contributed by atoms with Crippen LogP contribution in [-0.4, -0.2) is 31.4 Å². The zero-order chi connectivity index (χ0) is 20.9. The number of carbonyl (C=O) groups excluding carboxylic acids is 1. The van der Waals surface area contributed by atoms with Crippen molar-refractivity contribution in [2.45, 2.75) is 35.6 Å².